The number of carbonyl (C=O) groups excluding carboxylic acids is 1. The van der Waals surface area contributed by atoms with Crippen molar-refractivity contribution in [3.8, 4) is 11.5 Å². The van der Waals surface area contributed by atoms with Gasteiger partial charge >= 0.3 is 0 Å². The first-order valence-corrected chi connectivity index (χ1v) is 9.92. The van der Waals surface area contributed by atoms with E-state index in [9.17, 15) is 4.79 Å². The summed E-state index contributed by atoms with van der Waals surface area (Å²) in [5, 5.41) is 2.91. The number of amides is 1. The normalized spacial score (nSPS) is 11.5. The Labute approximate surface area is 172 Å². The van der Waals surface area contributed by atoms with Crippen molar-refractivity contribution in [3.63, 3.8) is 0 Å². The Morgan fingerprint density at radius 3 is 2.52 bits per heavy atom. The molecule has 1 unspecified atom stereocenters. The molecule has 3 aromatic carbocycles. The summed E-state index contributed by atoms with van der Waals surface area (Å²) in [5.41, 5.74) is 3.03. The van der Waals surface area contributed by atoms with Crippen molar-refractivity contribution >= 4 is 11.6 Å². The lowest BCUT2D eigenvalue weighted by molar-refractivity contribution is -0.122. The van der Waals surface area contributed by atoms with Crippen LogP contribution in [0.5, 0.6) is 11.5 Å². The van der Waals surface area contributed by atoms with Crippen LogP contribution in [0.25, 0.3) is 0 Å². The highest BCUT2D eigenvalue weighted by Crippen LogP contribution is 2.24. The minimum absolute atomic E-state index is 0.216. The summed E-state index contributed by atoms with van der Waals surface area (Å²) < 4.78 is 11.7. The number of benzene rings is 3. The van der Waals surface area contributed by atoms with E-state index in [-0.39, 0.29) is 5.91 Å². The Hall–Kier alpha value is -3.27. The zero-order valence-electron chi connectivity index (χ0n) is 16.9. The Morgan fingerprint density at radius 1 is 0.966 bits per heavy atom. The van der Waals surface area contributed by atoms with Crippen LogP contribution in [0.3, 0.4) is 0 Å². The standard InChI is InChI=1S/C25H27NO3/c1-19-10-8-14-22(18-19)29-20(2)25(27)26-23-15-6-7-16-24(23)28-17-9-13-21-11-4-3-5-12-21/h3-8,10-12,14-16,18,20H,9,13,17H2,1-2H3,(H,26,27). The molecule has 0 saturated carbocycles. The number of para-hydroxylation sites is 2. The van der Waals surface area contributed by atoms with Crippen LogP contribution in [-0.4, -0.2) is 18.6 Å². The van der Waals surface area contributed by atoms with Gasteiger partial charge in [0.2, 0.25) is 0 Å². The van der Waals surface area contributed by atoms with Gasteiger partial charge < -0.3 is 14.8 Å². The van der Waals surface area contributed by atoms with Crippen molar-refractivity contribution < 1.29 is 14.3 Å². The zero-order chi connectivity index (χ0) is 20.5. The predicted molar refractivity (Wildman–Crippen MR) is 117 cm³/mol. The maximum absolute atomic E-state index is 12.6. The molecule has 0 spiro atoms. The minimum Gasteiger partial charge on any atom is -0.491 e. The fourth-order valence-electron chi connectivity index (χ4n) is 2.98. The number of aryl methyl sites for hydroxylation is 2. The van der Waals surface area contributed by atoms with Gasteiger partial charge in [0.25, 0.3) is 5.91 Å². The number of hydrogen-bond donors (Lipinski definition) is 1. The maximum atomic E-state index is 12.6. The highest BCUT2D eigenvalue weighted by molar-refractivity contribution is 5.95. The van der Waals surface area contributed by atoms with E-state index in [4.69, 9.17) is 9.47 Å². The lowest BCUT2D eigenvalue weighted by atomic mass is 10.1. The van der Waals surface area contributed by atoms with Crippen molar-refractivity contribution in [2.24, 2.45) is 0 Å². The molecule has 1 amide bonds. The summed E-state index contributed by atoms with van der Waals surface area (Å²) in [7, 11) is 0. The lowest BCUT2D eigenvalue weighted by Crippen LogP contribution is -2.30. The topological polar surface area (TPSA) is 47.6 Å². The molecule has 150 valence electrons. The van der Waals surface area contributed by atoms with Gasteiger partial charge in [0.15, 0.2) is 6.10 Å². The van der Waals surface area contributed by atoms with Crippen LogP contribution >= 0.6 is 0 Å². The van der Waals surface area contributed by atoms with Crippen molar-refractivity contribution in [1.29, 1.82) is 0 Å². The van der Waals surface area contributed by atoms with Gasteiger partial charge in [0, 0.05) is 0 Å². The van der Waals surface area contributed by atoms with Gasteiger partial charge in [-0.3, -0.25) is 4.79 Å². The molecule has 4 heteroatoms. The maximum Gasteiger partial charge on any atom is 0.265 e. The monoisotopic (exact) mass is 389 g/mol. The van der Waals surface area contributed by atoms with Crippen molar-refractivity contribution in [3.05, 3.63) is 90.0 Å². The fraction of sp³-hybridized carbons (Fsp3) is 0.240. The van der Waals surface area contributed by atoms with Gasteiger partial charge in [-0.2, -0.15) is 0 Å². The van der Waals surface area contributed by atoms with Crippen LogP contribution in [0.15, 0.2) is 78.9 Å². The molecule has 1 N–H and O–H groups in total. The average molecular weight is 389 g/mol. The van der Waals surface area contributed by atoms with Crippen LogP contribution in [0.1, 0.15) is 24.5 Å². The molecule has 0 aliphatic heterocycles. The molecule has 0 heterocycles. The number of ether oxygens (including phenoxy) is 2. The Balaban J connectivity index is 1.53. The molecule has 0 fully saturated rings. The van der Waals surface area contributed by atoms with Crippen LogP contribution in [0, 0.1) is 6.92 Å². The Morgan fingerprint density at radius 2 is 1.72 bits per heavy atom. The molecule has 29 heavy (non-hydrogen) atoms. The van der Waals surface area contributed by atoms with Crippen molar-refractivity contribution in [1.82, 2.24) is 0 Å². The molecule has 0 aliphatic carbocycles. The summed E-state index contributed by atoms with van der Waals surface area (Å²) in [6, 6.07) is 25.5. The molecule has 0 radical (unpaired) electrons. The van der Waals surface area contributed by atoms with Gasteiger partial charge in [0.1, 0.15) is 11.5 Å². The number of rotatable bonds is 9. The zero-order valence-corrected chi connectivity index (χ0v) is 16.9. The molecule has 0 aromatic heterocycles. The van der Waals surface area contributed by atoms with E-state index < -0.39 is 6.10 Å². The Kier molecular flexibility index (Phi) is 7.28. The second-order valence-electron chi connectivity index (χ2n) is 7.00. The molecule has 0 saturated heterocycles. The van der Waals surface area contributed by atoms with E-state index in [1.807, 2.05) is 73.7 Å². The van der Waals surface area contributed by atoms with Crippen molar-refractivity contribution in [2.75, 3.05) is 11.9 Å². The highest BCUT2D eigenvalue weighted by atomic mass is 16.5. The summed E-state index contributed by atoms with van der Waals surface area (Å²) in [6.07, 6.45) is 1.23. The third kappa shape index (κ3) is 6.39. The number of anilines is 1. The van der Waals surface area contributed by atoms with Gasteiger partial charge in [-0.1, -0.05) is 54.6 Å². The minimum atomic E-state index is -0.622. The molecular weight excluding hydrogens is 362 g/mol. The summed E-state index contributed by atoms with van der Waals surface area (Å²) >= 11 is 0. The number of hydrogen-bond acceptors (Lipinski definition) is 3. The summed E-state index contributed by atoms with van der Waals surface area (Å²) in [4.78, 5) is 12.6. The largest absolute Gasteiger partial charge is 0.491 e. The quantitative estimate of drug-likeness (QED) is 0.498. The Bertz CT molecular complexity index is 924. The van der Waals surface area contributed by atoms with E-state index in [1.165, 1.54) is 5.56 Å². The van der Waals surface area contributed by atoms with Gasteiger partial charge in [-0.15, -0.1) is 0 Å². The summed E-state index contributed by atoms with van der Waals surface area (Å²) in [5.74, 6) is 1.13. The van der Waals surface area contributed by atoms with E-state index >= 15 is 0 Å². The smallest absolute Gasteiger partial charge is 0.265 e. The average Bonchev–Trinajstić information content (AvgIpc) is 2.73. The molecule has 3 aromatic rings. The third-order valence-electron chi connectivity index (χ3n) is 4.53. The fourth-order valence-corrected chi connectivity index (χ4v) is 2.98. The first kappa shape index (κ1) is 20.5. The SMILES string of the molecule is Cc1cccc(OC(C)C(=O)Nc2ccccc2OCCCc2ccccc2)c1. The van der Waals surface area contributed by atoms with E-state index in [1.54, 1.807) is 6.92 Å². The lowest BCUT2D eigenvalue weighted by Gasteiger charge is -2.17. The molecule has 0 aliphatic rings. The van der Waals surface area contributed by atoms with Crippen LogP contribution < -0.4 is 14.8 Å². The number of carbonyl (C=O) groups is 1. The van der Waals surface area contributed by atoms with Crippen LogP contribution in [0.2, 0.25) is 0 Å². The summed E-state index contributed by atoms with van der Waals surface area (Å²) in [6.45, 7) is 4.31. The molecular formula is C25H27NO3. The van der Waals surface area contributed by atoms with Crippen LogP contribution in [0.4, 0.5) is 5.69 Å². The number of nitrogens with one attached hydrogen (secondary N) is 1. The van der Waals surface area contributed by atoms with E-state index in [2.05, 4.69) is 17.4 Å². The van der Waals surface area contributed by atoms with Crippen LogP contribution in [-0.2, 0) is 11.2 Å². The second-order valence-corrected chi connectivity index (χ2v) is 7.00. The van der Waals surface area contributed by atoms with E-state index in [0.717, 1.165) is 18.4 Å². The van der Waals surface area contributed by atoms with Gasteiger partial charge in [0.05, 0.1) is 12.3 Å². The third-order valence-corrected chi connectivity index (χ3v) is 4.53. The molecule has 3 rings (SSSR count). The first-order chi connectivity index (χ1) is 14.1. The highest BCUT2D eigenvalue weighted by Gasteiger charge is 2.16. The second kappa shape index (κ2) is 10.3. The predicted octanol–water partition coefficient (Wildman–Crippen LogP) is 5.41. The first-order valence-electron chi connectivity index (χ1n) is 9.92. The molecule has 1 atom stereocenters. The van der Waals surface area contributed by atoms with E-state index in [0.29, 0.717) is 23.8 Å². The molecule has 4 nitrogen and oxygen atoms in total. The van der Waals surface area contributed by atoms with Gasteiger partial charge in [-0.25, -0.2) is 0 Å². The molecule has 0 bridgehead atoms. The van der Waals surface area contributed by atoms with Crippen molar-refractivity contribution in [2.45, 2.75) is 32.8 Å². The van der Waals surface area contributed by atoms with Gasteiger partial charge in [-0.05, 0) is 62.1 Å².